The molecule has 18 heavy (non-hydrogen) atoms. The Morgan fingerprint density at radius 3 is 2.83 bits per heavy atom. The molecule has 2 rings (SSSR count). The minimum atomic E-state index is -1.22. The standard InChI is InChI=1S/C12H12ClNO4/c1-18-10-3-2-8(13)5-9(10)14-6-7(12(16)17)4-11(14)15/h2-3,5,7H,4,6H2,1H3,(H,16,17)/p-1/t7-/m0/s1. The van der Waals surface area contributed by atoms with Crippen molar-refractivity contribution < 1.29 is 19.4 Å². The number of halogens is 1. The van der Waals surface area contributed by atoms with E-state index in [1.807, 2.05) is 0 Å². The van der Waals surface area contributed by atoms with E-state index < -0.39 is 11.9 Å². The van der Waals surface area contributed by atoms with Gasteiger partial charge in [-0.25, -0.2) is 0 Å². The summed E-state index contributed by atoms with van der Waals surface area (Å²) in [5.74, 6) is -1.80. The van der Waals surface area contributed by atoms with Crippen molar-refractivity contribution in [3.63, 3.8) is 0 Å². The van der Waals surface area contributed by atoms with Crippen LogP contribution in [0.2, 0.25) is 5.02 Å². The Morgan fingerprint density at radius 1 is 1.56 bits per heavy atom. The molecule has 96 valence electrons. The number of ether oxygens (including phenoxy) is 1. The number of carboxylic acids is 1. The molecule has 5 nitrogen and oxygen atoms in total. The number of benzene rings is 1. The highest BCUT2D eigenvalue weighted by Gasteiger charge is 2.32. The first-order valence-corrected chi connectivity index (χ1v) is 5.75. The van der Waals surface area contributed by atoms with Crippen LogP contribution in [0.4, 0.5) is 5.69 Å². The van der Waals surface area contributed by atoms with Gasteiger partial charge in [0.25, 0.3) is 0 Å². The molecule has 0 N–H and O–H groups in total. The minimum absolute atomic E-state index is 0.0575. The van der Waals surface area contributed by atoms with Crippen molar-refractivity contribution in [1.82, 2.24) is 0 Å². The molecule has 1 aliphatic rings. The normalized spacial score (nSPS) is 19.1. The van der Waals surface area contributed by atoms with Crippen LogP contribution in [0.3, 0.4) is 0 Å². The summed E-state index contributed by atoms with van der Waals surface area (Å²) in [5, 5.41) is 11.3. The second-order valence-electron chi connectivity index (χ2n) is 4.04. The molecule has 0 saturated carbocycles. The van der Waals surface area contributed by atoms with Gasteiger partial charge in [-0.3, -0.25) is 4.79 Å². The summed E-state index contributed by atoms with van der Waals surface area (Å²) in [6, 6.07) is 4.86. The van der Waals surface area contributed by atoms with Crippen molar-refractivity contribution in [2.24, 2.45) is 5.92 Å². The van der Waals surface area contributed by atoms with Gasteiger partial charge in [0.1, 0.15) is 5.75 Å². The van der Waals surface area contributed by atoms with Crippen LogP contribution in [0.25, 0.3) is 0 Å². The van der Waals surface area contributed by atoms with E-state index in [1.54, 1.807) is 18.2 Å². The van der Waals surface area contributed by atoms with Crippen LogP contribution in [0.5, 0.6) is 5.75 Å². The van der Waals surface area contributed by atoms with Crippen molar-refractivity contribution in [2.45, 2.75) is 6.42 Å². The molecular weight excluding hydrogens is 258 g/mol. The number of anilines is 1. The monoisotopic (exact) mass is 268 g/mol. The number of aliphatic carboxylic acids is 1. The molecule has 1 saturated heterocycles. The number of carbonyl (C=O) groups is 2. The second-order valence-corrected chi connectivity index (χ2v) is 4.48. The molecule has 1 atom stereocenters. The van der Waals surface area contributed by atoms with E-state index in [0.29, 0.717) is 16.5 Å². The molecule has 1 fully saturated rings. The molecule has 1 aromatic rings. The lowest BCUT2D eigenvalue weighted by Gasteiger charge is -2.20. The van der Waals surface area contributed by atoms with E-state index in [0.717, 1.165) is 0 Å². The molecule has 0 spiro atoms. The number of rotatable bonds is 3. The Balaban J connectivity index is 2.34. The van der Waals surface area contributed by atoms with Gasteiger partial charge in [-0.05, 0) is 18.2 Å². The number of carbonyl (C=O) groups excluding carboxylic acids is 2. The lowest BCUT2D eigenvalue weighted by atomic mass is 10.1. The Kier molecular flexibility index (Phi) is 3.43. The van der Waals surface area contributed by atoms with Crippen molar-refractivity contribution in [3.8, 4) is 5.75 Å². The fourth-order valence-corrected chi connectivity index (χ4v) is 2.14. The molecule has 1 heterocycles. The molecule has 0 bridgehead atoms. The average molecular weight is 269 g/mol. The Morgan fingerprint density at radius 2 is 2.28 bits per heavy atom. The van der Waals surface area contributed by atoms with E-state index >= 15 is 0 Å². The Hall–Kier alpha value is -1.75. The average Bonchev–Trinajstić information content (AvgIpc) is 2.71. The first-order valence-electron chi connectivity index (χ1n) is 5.37. The van der Waals surface area contributed by atoms with Crippen LogP contribution in [0, 0.1) is 5.92 Å². The van der Waals surface area contributed by atoms with Gasteiger partial charge in [-0.15, -0.1) is 0 Å². The first-order chi connectivity index (χ1) is 8.52. The van der Waals surface area contributed by atoms with Gasteiger partial charge in [-0.1, -0.05) is 11.6 Å². The summed E-state index contributed by atoms with van der Waals surface area (Å²) in [4.78, 5) is 24.0. The van der Waals surface area contributed by atoms with Crippen LogP contribution < -0.4 is 14.7 Å². The molecule has 0 aromatic heterocycles. The zero-order chi connectivity index (χ0) is 13.3. The molecule has 6 heteroatoms. The van der Waals surface area contributed by atoms with E-state index in [9.17, 15) is 14.7 Å². The van der Waals surface area contributed by atoms with E-state index in [4.69, 9.17) is 16.3 Å². The fraction of sp³-hybridized carbons (Fsp3) is 0.333. The summed E-state index contributed by atoms with van der Waals surface area (Å²) in [7, 11) is 1.48. The lowest BCUT2D eigenvalue weighted by molar-refractivity contribution is -0.310. The highest BCUT2D eigenvalue weighted by Crippen LogP contribution is 2.34. The zero-order valence-corrected chi connectivity index (χ0v) is 10.4. The van der Waals surface area contributed by atoms with Gasteiger partial charge < -0.3 is 19.5 Å². The first kappa shape index (κ1) is 12.7. The minimum Gasteiger partial charge on any atom is -0.550 e. The maximum absolute atomic E-state index is 11.8. The van der Waals surface area contributed by atoms with Crippen LogP contribution >= 0.6 is 11.6 Å². The van der Waals surface area contributed by atoms with Crippen molar-refractivity contribution in [2.75, 3.05) is 18.6 Å². The maximum Gasteiger partial charge on any atom is 0.227 e. The van der Waals surface area contributed by atoms with Crippen LogP contribution in [0.1, 0.15) is 6.42 Å². The number of methoxy groups -OCH3 is 1. The Labute approximate surface area is 109 Å². The summed E-state index contributed by atoms with van der Waals surface area (Å²) in [6.07, 6.45) is -0.0575. The largest absolute Gasteiger partial charge is 0.550 e. The SMILES string of the molecule is COc1ccc(Cl)cc1N1C[C@@H](C(=O)[O-])CC1=O. The second kappa shape index (κ2) is 4.86. The van der Waals surface area contributed by atoms with Crippen LogP contribution in [-0.4, -0.2) is 25.5 Å². The maximum atomic E-state index is 11.8. The third-order valence-electron chi connectivity index (χ3n) is 2.89. The van der Waals surface area contributed by atoms with Gasteiger partial charge in [0.2, 0.25) is 5.91 Å². The molecule has 1 aromatic carbocycles. The number of amides is 1. The third kappa shape index (κ3) is 2.26. The smallest absolute Gasteiger partial charge is 0.227 e. The zero-order valence-electron chi connectivity index (χ0n) is 9.68. The summed E-state index contributed by atoms with van der Waals surface area (Å²) >= 11 is 5.88. The molecular formula is C12H11ClNO4-. The topological polar surface area (TPSA) is 69.7 Å². The van der Waals surface area contributed by atoms with Crippen LogP contribution in [0.15, 0.2) is 18.2 Å². The van der Waals surface area contributed by atoms with Gasteiger partial charge in [0, 0.05) is 29.9 Å². The van der Waals surface area contributed by atoms with Gasteiger partial charge >= 0.3 is 0 Å². The van der Waals surface area contributed by atoms with E-state index in [-0.39, 0.29) is 18.9 Å². The summed E-state index contributed by atoms with van der Waals surface area (Å²) < 4.78 is 5.14. The quantitative estimate of drug-likeness (QED) is 0.798. The van der Waals surface area contributed by atoms with Gasteiger partial charge in [0.15, 0.2) is 0 Å². The van der Waals surface area contributed by atoms with Gasteiger partial charge in [-0.2, -0.15) is 0 Å². The highest BCUT2D eigenvalue weighted by molar-refractivity contribution is 6.31. The third-order valence-corrected chi connectivity index (χ3v) is 3.13. The fourth-order valence-electron chi connectivity index (χ4n) is 1.97. The van der Waals surface area contributed by atoms with Crippen molar-refractivity contribution in [3.05, 3.63) is 23.2 Å². The molecule has 0 unspecified atom stereocenters. The van der Waals surface area contributed by atoms with Crippen molar-refractivity contribution in [1.29, 1.82) is 0 Å². The number of nitrogens with zero attached hydrogens (tertiary/aromatic N) is 1. The van der Waals surface area contributed by atoms with E-state index in [2.05, 4.69) is 0 Å². The summed E-state index contributed by atoms with van der Waals surface area (Å²) in [6.45, 7) is 0.0812. The highest BCUT2D eigenvalue weighted by atomic mass is 35.5. The predicted molar refractivity (Wildman–Crippen MR) is 63.5 cm³/mol. The Bertz CT molecular complexity index is 503. The predicted octanol–water partition coefficient (Wildman–Crippen LogP) is 0.451. The summed E-state index contributed by atoms with van der Waals surface area (Å²) in [5.41, 5.74) is 0.485. The molecule has 1 amide bonds. The van der Waals surface area contributed by atoms with Crippen molar-refractivity contribution >= 4 is 29.2 Å². The number of hydrogen-bond donors (Lipinski definition) is 0. The number of carboxylic acid groups (broad SMARTS) is 1. The van der Waals surface area contributed by atoms with E-state index in [1.165, 1.54) is 12.0 Å². The van der Waals surface area contributed by atoms with Crippen LogP contribution in [-0.2, 0) is 9.59 Å². The number of hydrogen-bond acceptors (Lipinski definition) is 4. The lowest BCUT2D eigenvalue weighted by Crippen LogP contribution is -2.33. The molecule has 0 radical (unpaired) electrons. The van der Waals surface area contributed by atoms with Gasteiger partial charge in [0.05, 0.1) is 12.8 Å². The molecule has 1 aliphatic heterocycles. The molecule has 0 aliphatic carbocycles.